The van der Waals surface area contributed by atoms with Crippen LogP contribution in [0.1, 0.15) is 12.8 Å². The molecule has 3 aromatic rings. The summed E-state index contributed by atoms with van der Waals surface area (Å²) >= 11 is 1.23. The molecule has 0 saturated carbocycles. The van der Waals surface area contributed by atoms with Crippen LogP contribution in [-0.2, 0) is 9.53 Å². The molecule has 29 heavy (non-hydrogen) atoms. The maximum Gasteiger partial charge on any atom is 0.266 e. The molecule has 10 heteroatoms. The monoisotopic (exact) mass is 415 g/mol. The second-order valence-corrected chi connectivity index (χ2v) is 7.54. The zero-order valence-corrected chi connectivity index (χ0v) is 16.7. The Morgan fingerprint density at radius 3 is 2.93 bits per heavy atom. The number of carbonyl (C=O) groups is 1. The number of nitrogens with one attached hydrogen (secondary N) is 2. The van der Waals surface area contributed by atoms with E-state index in [1.165, 1.54) is 22.3 Å². The predicted octanol–water partition coefficient (Wildman–Crippen LogP) is 1.48. The van der Waals surface area contributed by atoms with E-state index in [4.69, 9.17) is 9.47 Å². The number of hydrogen-bond donors (Lipinski definition) is 2. The molecule has 1 atom stereocenters. The van der Waals surface area contributed by atoms with Gasteiger partial charge in [0.05, 0.1) is 19.0 Å². The Labute approximate surface area is 170 Å². The summed E-state index contributed by atoms with van der Waals surface area (Å²) in [7, 11) is 1.60. The Bertz CT molecular complexity index is 1060. The van der Waals surface area contributed by atoms with Crippen LogP contribution in [0.3, 0.4) is 0 Å². The quantitative estimate of drug-likeness (QED) is 0.562. The number of amides is 1. The Hall–Kier alpha value is -2.85. The lowest BCUT2D eigenvalue weighted by Crippen LogP contribution is -2.33. The van der Waals surface area contributed by atoms with Crippen molar-refractivity contribution in [3.8, 4) is 17.1 Å². The predicted molar refractivity (Wildman–Crippen MR) is 108 cm³/mol. The lowest BCUT2D eigenvalue weighted by molar-refractivity contribution is -0.119. The second kappa shape index (κ2) is 8.66. The van der Waals surface area contributed by atoms with Crippen LogP contribution in [0.4, 0.5) is 0 Å². The first-order chi connectivity index (χ1) is 14.1. The van der Waals surface area contributed by atoms with Gasteiger partial charge in [0.25, 0.3) is 5.56 Å². The lowest BCUT2D eigenvalue weighted by Gasteiger charge is -2.11. The fraction of sp³-hybridized carbons (Fsp3) is 0.368. The number of rotatable bonds is 7. The van der Waals surface area contributed by atoms with Crippen LogP contribution >= 0.6 is 11.8 Å². The maximum absolute atomic E-state index is 12.2. The van der Waals surface area contributed by atoms with Gasteiger partial charge in [-0.25, -0.2) is 14.5 Å². The number of thioether (sulfide) groups is 1. The first kappa shape index (κ1) is 19.5. The van der Waals surface area contributed by atoms with E-state index >= 15 is 0 Å². The highest BCUT2D eigenvalue weighted by Gasteiger charge is 2.17. The van der Waals surface area contributed by atoms with E-state index in [1.807, 2.05) is 24.3 Å². The molecule has 1 amide bonds. The minimum atomic E-state index is -0.282. The molecular formula is C19H21N5O4S. The van der Waals surface area contributed by atoms with Crippen molar-refractivity contribution in [1.29, 1.82) is 0 Å². The summed E-state index contributed by atoms with van der Waals surface area (Å²) in [6.45, 7) is 1.26. The largest absolute Gasteiger partial charge is 0.497 e. The summed E-state index contributed by atoms with van der Waals surface area (Å²) in [5.41, 5.74) is 0.945. The van der Waals surface area contributed by atoms with E-state index in [2.05, 4.69) is 20.4 Å². The molecule has 9 nitrogen and oxygen atoms in total. The van der Waals surface area contributed by atoms with Crippen LogP contribution in [0.25, 0.3) is 17.0 Å². The fourth-order valence-corrected chi connectivity index (χ4v) is 3.85. The molecule has 0 spiro atoms. The molecule has 2 N–H and O–H groups in total. The van der Waals surface area contributed by atoms with Crippen LogP contribution in [0.2, 0.25) is 0 Å². The third kappa shape index (κ3) is 4.60. The van der Waals surface area contributed by atoms with Gasteiger partial charge in [0, 0.05) is 24.8 Å². The van der Waals surface area contributed by atoms with Crippen molar-refractivity contribution in [3.05, 3.63) is 40.7 Å². The van der Waals surface area contributed by atoms with E-state index in [0.29, 0.717) is 23.2 Å². The van der Waals surface area contributed by atoms with Gasteiger partial charge >= 0.3 is 0 Å². The number of methoxy groups -OCH3 is 1. The van der Waals surface area contributed by atoms with Gasteiger partial charge in [-0.1, -0.05) is 11.8 Å². The number of fused-ring (bicyclic) bond motifs is 1. The van der Waals surface area contributed by atoms with Gasteiger partial charge in [0.1, 0.15) is 5.75 Å². The Kier molecular flexibility index (Phi) is 5.81. The Balaban J connectivity index is 1.52. The molecule has 0 radical (unpaired) electrons. The standard InChI is InChI=1S/C19H21N5O4S/c1-27-13-6-4-12(5-7-13)18-21-15-9-16(25)23-24(15)19(22-18)29-11-17(26)20-10-14-3-2-8-28-14/h4-7,9,14H,2-3,8,10-11H2,1H3,(H,20,26)(H,23,25)/t14-/m0/s1. The van der Waals surface area contributed by atoms with Gasteiger partial charge in [-0.15, -0.1) is 0 Å². The van der Waals surface area contributed by atoms with Gasteiger partial charge in [0.15, 0.2) is 16.6 Å². The summed E-state index contributed by atoms with van der Waals surface area (Å²) in [6.07, 6.45) is 2.09. The Morgan fingerprint density at radius 1 is 1.38 bits per heavy atom. The minimum Gasteiger partial charge on any atom is -0.497 e. The highest BCUT2D eigenvalue weighted by molar-refractivity contribution is 7.99. The third-order valence-electron chi connectivity index (χ3n) is 4.56. The fourth-order valence-electron chi connectivity index (χ4n) is 3.06. The second-order valence-electron chi connectivity index (χ2n) is 6.60. The number of benzene rings is 1. The number of nitrogens with zero attached hydrogens (tertiary/aromatic N) is 3. The van der Waals surface area contributed by atoms with Crippen LogP contribution in [0.5, 0.6) is 5.75 Å². The van der Waals surface area contributed by atoms with E-state index in [1.54, 1.807) is 7.11 Å². The van der Waals surface area contributed by atoms with Crippen molar-refractivity contribution >= 4 is 23.3 Å². The average molecular weight is 415 g/mol. The molecule has 152 valence electrons. The number of carbonyl (C=O) groups excluding carboxylic acids is 1. The van der Waals surface area contributed by atoms with Crippen LogP contribution in [0, 0.1) is 0 Å². The summed E-state index contributed by atoms with van der Waals surface area (Å²) in [6, 6.07) is 8.72. The number of ether oxygens (including phenoxy) is 2. The van der Waals surface area contributed by atoms with Crippen LogP contribution in [-0.4, -0.2) is 57.6 Å². The van der Waals surface area contributed by atoms with Crippen molar-refractivity contribution < 1.29 is 14.3 Å². The zero-order chi connectivity index (χ0) is 20.2. The smallest absolute Gasteiger partial charge is 0.266 e. The van der Waals surface area contributed by atoms with Crippen LogP contribution < -0.4 is 15.6 Å². The van der Waals surface area contributed by atoms with E-state index in [9.17, 15) is 9.59 Å². The molecule has 4 rings (SSSR count). The molecule has 1 fully saturated rings. The summed E-state index contributed by atoms with van der Waals surface area (Å²) in [4.78, 5) is 33.0. The van der Waals surface area contributed by atoms with Crippen molar-refractivity contribution in [3.63, 3.8) is 0 Å². The van der Waals surface area contributed by atoms with Gasteiger partial charge in [0.2, 0.25) is 5.91 Å². The molecular weight excluding hydrogens is 394 g/mol. The molecule has 0 aliphatic carbocycles. The third-order valence-corrected chi connectivity index (χ3v) is 5.49. The molecule has 3 heterocycles. The molecule has 0 unspecified atom stereocenters. The first-order valence-corrected chi connectivity index (χ1v) is 10.3. The Morgan fingerprint density at radius 2 is 2.21 bits per heavy atom. The highest BCUT2D eigenvalue weighted by Crippen LogP contribution is 2.23. The summed E-state index contributed by atoms with van der Waals surface area (Å²) in [5, 5.41) is 6.03. The number of hydrogen-bond acceptors (Lipinski definition) is 7. The van der Waals surface area contributed by atoms with Gasteiger partial charge < -0.3 is 14.8 Å². The SMILES string of the molecule is COc1ccc(-c2nc(SCC(=O)NC[C@@H]3CCCO3)n3[nH]c(=O)cc3n2)cc1. The molecule has 1 aliphatic heterocycles. The highest BCUT2D eigenvalue weighted by atomic mass is 32.2. The number of H-pyrrole nitrogens is 1. The van der Waals surface area contributed by atoms with E-state index in [0.717, 1.165) is 30.8 Å². The van der Waals surface area contributed by atoms with E-state index in [-0.39, 0.29) is 23.3 Å². The lowest BCUT2D eigenvalue weighted by atomic mass is 10.2. The normalized spacial score (nSPS) is 16.2. The first-order valence-electron chi connectivity index (χ1n) is 9.28. The van der Waals surface area contributed by atoms with Crippen molar-refractivity contribution in [1.82, 2.24) is 24.9 Å². The molecule has 2 aromatic heterocycles. The van der Waals surface area contributed by atoms with Crippen molar-refractivity contribution in [2.45, 2.75) is 24.1 Å². The number of aromatic amines is 1. The summed E-state index contributed by atoms with van der Waals surface area (Å²) in [5.74, 6) is 1.25. The van der Waals surface area contributed by atoms with Crippen molar-refractivity contribution in [2.24, 2.45) is 0 Å². The van der Waals surface area contributed by atoms with Gasteiger partial charge in [-0.05, 0) is 37.1 Å². The molecule has 0 bridgehead atoms. The number of aromatic nitrogens is 4. The van der Waals surface area contributed by atoms with E-state index < -0.39 is 0 Å². The molecule has 1 aromatic carbocycles. The van der Waals surface area contributed by atoms with Crippen molar-refractivity contribution in [2.75, 3.05) is 26.0 Å². The van der Waals surface area contributed by atoms with Gasteiger partial charge in [-0.2, -0.15) is 0 Å². The molecule has 1 aliphatic rings. The molecule has 1 saturated heterocycles. The zero-order valence-electron chi connectivity index (χ0n) is 15.9. The summed E-state index contributed by atoms with van der Waals surface area (Å²) < 4.78 is 12.2. The van der Waals surface area contributed by atoms with Crippen LogP contribution in [0.15, 0.2) is 40.3 Å². The topological polar surface area (TPSA) is 111 Å². The average Bonchev–Trinajstić information content (AvgIpc) is 3.39. The maximum atomic E-state index is 12.2. The van der Waals surface area contributed by atoms with Gasteiger partial charge in [-0.3, -0.25) is 14.7 Å². The minimum absolute atomic E-state index is 0.0946.